The van der Waals surface area contributed by atoms with Crippen molar-refractivity contribution >= 4 is 5.97 Å². The smallest absolute Gasteiger partial charge is 0.307 e. The molecule has 1 atom stereocenters. The standard InChI is InChI=1S/C13H19FN2O2/c1-4-5-16-13(2,7-12(17)18-3)10-6-11(14)9-15-8-10/h6,8-9,16H,4-5,7H2,1-3H3. The zero-order valence-corrected chi connectivity index (χ0v) is 11.0. The molecule has 1 unspecified atom stereocenters. The van der Waals surface area contributed by atoms with Gasteiger partial charge in [0.25, 0.3) is 0 Å². The van der Waals surface area contributed by atoms with Crippen LogP contribution < -0.4 is 5.32 Å². The molecule has 0 aliphatic rings. The molecular formula is C13H19FN2O2. The van der Waals surface area contributed by atoms with E-state index in [4.69, 9.17) is 0 Å². The van der Waals surface area contributed by atoms with Crippen LogP contribution in [0.1, 0.15) is 32.3 Å². The number of carbonyl (C=O) groups excluding carboxylic acids is 1. The van der Waals surface area contributed by atoms with Crippen molar-refractivity contribution in [2.24, 2.45) is 0 Å². The number of methoxy groups -OCH3 is 1. The predicted octanol–water partition coefficient (Wildman–Crippen LogP) is 2.00. The van der Waals surface area contributed by atoms with Gasteiger partial charge in [-0.2, -0.15) is 0 Å². The summed E-state index contributed by atoms with van der Waals surface area (Å²) in [6, 6.07) is 1.39. The zero-order chi connectivity index (χ0) is 13.6. The van der Waals surface area contributed by atoms with Gasteiger partial charge >= 0.3 is 5.97 Å². The normalized spacial score (nSPS) is 14.0. The highest BCUT2D eigenvalue weighted by Crippen LogP contribution is 2.25. The molecule has 0 aromatic carbocycles. The minimum atomic E-state index is -0.668. The maximum Gasteiger partial charge on any atom is 0.307 e. The SMILES string of the molecule is CCCNC(C)(CC(=O)OC)c1cncc(F)c1. The van der Waals surface area contributed by atoms with Crippen LogP contribution in [-0.4, -0.2) is 24.6 Å². The van der Waals surface area contributed by atoms with Gasteiger partial charge in [-0.25, -0.2) is 4.39 Å². The van der Waals surface area contributed by atoms with Crippen LogP contribution in [0, 0.1) is 5.82 Å². The van der Waals surface area contributed by atoms with Gasteiger partial charge in [-0.15, -0.1) is 0 Å². The van der Waals surface area contributed by atoms with Gasteiger partial charge in [-0.3, -0.25) is 9.78 Å². The van der Waals surface area contributed by atoms with Crippen molar-refractivity contribution in [2.45, 2.75) is 32.2 Å². The van der Waals surface area contributed by atoms with Gasteiger partial charge in [0.2, 0.25) is 0 Å². The molecule has 0 bridgehead atoms. The van der Waals surface area contributed by atoms with E-state index >= 15 is 0 Å². The lowest BCUT2D eigenvalue weighted by molar-refractivity contribution is -0.142. The monoisotopic (exact) mass is 254 g/mol. The molecule has 0 spiro atoms. The summed E-state index contributed by atoms with van der Waals surface area (Å²) in [6.45, 7) is 4.59. The maximum atomic E-state index is 13.2. The molecule has 0 aliphatic heterocycles. The number of esters is 1. The van der Waals surface area contributed by atoms with E-state index < -0.39 is 11.4 Å². The second-order valence-electron chi connectivity index (χ2n) is 4.40. The molecule has 100 valence electrons. The van der Waals surface area contributed by atoms with Crippen LogP contribution in [0.25, 0.3) is 0 Å². The molecule has 0 fully saturated rings. The number of halogens is 1. The Kier molecular flexibility index (Phi) is 5.22. The van der Waals surface area contributed by atoms with Crippen molar-refractivity contribution in [2.75, 3.05) is 13.7 Å². The summed E-state index contributed by atoms with van der Waals surface area (Å²) in [5.41, 5.74) is -0.0283. The van der Waals surface area contributed by atoms with Gasteiger partial charge in [0, 0.05) is 6.20 Å². The molecule has 0 aliphatic carbocycles. The number of pyridine rings is 1. The van der Waals surface area contributed by atoms with Crippen molar-refractivity contribution in [1.82, 2.24) is 10.3 Å². The van der Waals surface area contributed by atoms with Gasteiger partial charge in [-0.1, -0.05) is 6.92 Å². The lowest BCUT2D eigenvalue weighted by atomic mass is 9.89. The Morgan fingerprint density at radius 2 is 2.28 bits per heavy atom. The Labute approximate surface area is 107 Å². The number of hydrogen-bond acceptors (Lipinski definition) is 4. The first-order valence-corrected chi connectivity index (χ1v) is 5.94. The molecule has 0 radical (unpaired) electrons. The highest BCUT2D eigenvalue weighted by molar-refractivity contribution is 5.71. The fourth-order valence-corrected chi connectivity index (χ4v) is 1.74. The second-order valence-corrected chi connectivity index (χ2v) is 4.40. The summed E-state index contributed by atoms with van der Waals surface area (Å²) >= 11 is 0. The van der Waals surface area contributed by atoms with E-state index in [9.17, 15) is 9.18 Å². The third-order valence-corrected chi connectivity index (χ3v) is 2.83. The molecule has 0 amide bonds. The number of rotatable bonds is 6. The summed E-state index contributed by atoms with van der Waals surface area (Å²) in [5, 5.41) is 3.25. The van der Waals surface area contributed by atoms with Crippen LogP contribution in [0.15, 0.2) is 18.5 Å². The fraction of sp³-hybridized carbons (Fsp3) is 0.538. The van der Waals surface area contributed by atoms with E-state index in [1.54, 1.807) is 6.20 Å². The highest BCUT2D eigenvalue weighted by atomic mass is 19.1. The third-order valence-electron chi connectivity index (χ3n) is 2.83. The average Bonchev–Trinajstić information content (AvgIpc) is 2.36. The molecule has 1 aromatic heterocycles. The van der Waals surface area contributed by atoms with Crippen molar-refractivity contribution in [3.05, 3.63) is 29.8 Å². The second kappa shape index (κ2) is 6.44. The van der Waals surface area contributed by atoms with Gasteiger partial charge in [0.05, 0.1) is 25.3 Å². The number of ether oxygens (including phenoxy) is 1. The summed E-state index contributed by atoms with van der Waals surface area (Å²) < 4.78 is 17.9. The number of nitrogens with zero attached hydrogens (tertiary/aromatic N) is 1. The van der Waals surface area contributed by atoms with Crippen molar-refractivity contribution in [3.8, 4) is 0 Å². The van der Waals surface area contributed by atoms with E-state index in [0.717, 1.165) is 19.2 Å². The number of hydrogen-bond donors (Lipinski definition) is 1. The molecule has 18 heavy (non-hydrogen) atoms. The summed E-state index contributed by atoms with van der Waals surface area (Å²) in [4.78, 5) is 15.3. The van der Waals surface area contributed by atoms with Gasteiger partial charge in [0.1, 0.15) is 5.82 Å². The molecule has 5 heteroatoms. The first-order valence-electron chi connectivity index (χ1n) is 5.94. The highest BCUT2D eigenvalue weighted by Gasteiger charge is 2.30. The molecule has 0 saturated heterocycles. The van der Waals surface area contributed by atoms with Gasteiger partial charge in [-0.05, 0) is 31.5 Å². The minimum absolute atomic E-state index is 0.134. The van der Waals surface area contributed by atoms with Crippen LogP contribution in [0.2, 0.25) is 0 Å². The topological polar surface area (TPSA) is 51.2 Å². The van der Waals surface area contributed by atoms with Crippen LogP contribution in [0.5, 0.6) is 0 Å². The number of nitrogens with one attached hydrogen (secondary N) is 1. The maximum absolute atomic E-state index is 13.2. The largest absolute Gasteiger partial charge is 0.469 e. The third kappa shape index (κ3) is 3.77. The van der Waals surface area contributed by atoms with Gasteiger partial charge < -0.3 is 10.1 Å². The number of aromatic nitrogens is 1. The summed E-state index contributed by atoms with van der Waals surface area (Å²) in [5.74, 6) is -0.757. The Morgan fingerprint density at radius 1 is 1.56 bits per heavy atom. The molecule has 1 heterocycles. The Hall–Kier alpha value is -1.49. The van der Waals surface area contributed by atoms with E-state index in [-0.39, 0.29) is 12.4 Å². The molecule has 1 N–H and O–H groups in total. The zero-order valence-electron chi connectivity index (χ0n) is 11.0. The Morgan fingerprint density at radius 3 is 2.83 bits per heavy atom. The van der Waals surface area contributed by atoms with Gasteiger partial charge in [0.15, 0.2) is 0 Å². The lowest BCUT2D eigenvalue weighted by Gasteiger charge is -2.30. The lowest BCUT2D eigenvalue weighted by Crippen LogP contribution is -2.42. The van der Waals surface area contributed by atoms with Crippen LogP contribution in [0.3, 0.4) is 0 Å². The molecular weight excluding hydrogens is 235 g/mol. The summed E-state index contributed by atoms with van der Waals surface area (Å²) in [7, 11) is 1.34. The Bertz CT molecular complexity index is 412. The summed E-state index contributed by atoms with van der Waals surface area (Å²) in [6.07, 6.45) is 3.75. The van der Waals surface area contributed by atoms with E-state index in [0.29, 0.717) is 5.56 Å². The first-order chi connectivity index (χ1) is 8.51. The van der Waals surface area contributed by atoms with Crippen molar-refractivity contribution in [1.29, 1.82) is 0 Å². The quantitative estimate of drug-likeness (QED) is 0.789. The minimum Gasteiger partial charge on any atom is -0.469 e. The van der Waals surface area contributed by atoms with Crippen molar-refractivity contribution in [3.63, 3.8) is 0 Å². The van der Waals surface area contributed by atoms with Crippen LogP contribution in [-0.2, 0) is 15.1 Å². The predicted molar refractivity (Wildman–Crippen MR) is 66.5 cm³/mol. The first kappa shape index (κ1) is 14.6. The van der Waals surface area contributed by atoms with Crippen LogP contribution in [0.4, 0.5) is 4.39 Å². The molecule has 1 aromatic rings. The van der Waals surface area contributed by atoms with E-state index in [1.165, 1.54) is 13.2 Å². The van der Waals surface area contributed by atoms with E-state index in [1.807, 2.05) is 13.8 Å². The Balaban J connectivity index is 2.99. The molecule has 1 rings (SSSR count). The average molecular weight is 254 g/mol. The van der Waals surface area contributed by atoms with E-state index in [2.05, 4.69) is 15.0 Å². The molecule has 4 nitrogen and oxygen atoms in total. The van der Waals surface area contributed by atoms with Crippen LogP contribution >= 0.6 is 0 Å². The van der Waals surface area contributed by atoms with Crippen molar-refractivity contribution < 1.29 is 13.9 Å². The number of carbonyl (C=O) groups is 1. The fourth-order valence-electron chi connectivity index (χ4n) is 1.74. The molecule has 0 saturated carbocycles.